The van der Waals surface area contributed by atoms with E-state index in [2.05, 4.69) is 15.9 Å². The lowest BCUT2D eigenvalue weighted by Gasteiger charge is -2.03. The van der Waals surface area contributed by atoms with Gasteiger partial charge in [-0.15, -0.1) is 0 Å². The second-order valence-corrected chi connectivity index (χ2v) is 4.05. The molecule has 66 valence electrons. The fourth-order valence-corrected chi connectivity index (χ4v) is 1.90. The van der Waals surface area contributed by atoms with Crippen LogP contribution in [0.3, 0.4) is 0 Å². The van der Waals surface area contributed by atoms with Gasteiger partial charge in [0.25, 0.3) is 0 Å². The van der Waals surface area contributed by atoms with Gasteiger partial charge in [-0.25, -0.2) is 0 Å². The van der Waals surface area contributed by atoms with E-state index in [1.165, 1.54) is 0 Å². The van der Waals surface area contributed by atoms with E-state index in [-0.39, 0.29) is 5.75 Å². The Balaban J connectivity index is 2.92. The first kappa shape index (κ1) is 8.85. The molecular formula is C10H6BrClO. The van der Waals surface area contributed by atoms with E-state index in [1.54, 1.807) is 24.3 Å². The van der Waals surface area contributed by atoms with Crippen molar-refractivity contribution in [2.24, 2.45) is 0 Å². The molecular weight excluding hydrogens is 251 g/mol. The van der Waals surface area contributed by atoms with Crippen LogP contribution in [0.5, 0.6) is 5.75 Å². The molecule has 3 heteroatoms. The van der Waals surface area contributed by atoms with Crippen molar-refractivity contribution < 1.29 is 5.11 Å². The second kappa shape index (κ2) is 3.20. The molecule has 0 atom stereocenters. The lowest BCUT2D eigenvalue weighted by Crippen LogP contribution is -1.75. The van der Waals surface area contributed by atoms with Crippen molar-refractivity contribution >= 4 is 38.3 Å². The summed E-state index contributed by atoms with van der Waals surface area (Å²) in [5.41, 5.74) is 0. The number of phenols is 1. The summed E-state index contributed by atoms with van der Waals surface area (Å²) in [5.74, 6) is 0.273. The first-order valence-electron chi connectivity index (χ1n) is 3.75. The van der Waals surface area contributed by atoms with Gasteiger partial charge in [-0.1, -0.05) is 27.5 Å². The molecule has 2 rings (SSSR count). The Labute approximate surface area is 89.1 Å². The van der Waals surface area contributed by atoms with E-state index >= 15 is 0 Å². The molecule has 0 bridgehead atoms. The van der Waals surface area contributed by atoms with Crippen molar-refractivity contribution in [2.45, 2.75) is 0 Å². The Morgan fingerprint density at radius 2 is 1.85 bits per heavy atom. The molecule has 0 radical (unpaired) electrons. The summed E-state index contributed by atoms with van der Waals surface area (Å²) in [7, 11) is 0. The van der Waals surface area contributed by atoms with Crippen LogP contribution in [-0.4, -0.2) is 5.11 Å². The van der Waals surface area contributed by atoms with E-state index in [4.69, 9.17) is 11.6 Å². The lowest BCUT2D eigenvalue weighted by molar-refractivity contribution is 0.481. The zero-order valence-electron chi connectivity index (χ0n) is 6.59. The summed E-state index contributed by atoms with van der Waals surface area (Å²) in [5, 5.41) is 11.9. The first-order valence-corrected chi connectivity index (χ1v) is 4.92. The maximum atomic E-state index is 9.52. The summed E-state index contributed by atoms with van der Waals surface area (Å²) >= 11 is 9.24. The van der Waals surface area contributed by atoms with E-state index in [1.807, 2.05) is 6.07 Å². The van der Waals surface area contributed by atoms with Gasteiger partial charge in [-0.3, -0.25) is 0 Å². The zero-order valence-corrected chi connectivity index (χ0v) is 8.93. The molecule has 0 unspecified atom stereocenters. The van der Waals surface area contributed by atoms with Crippen LogP contribution in [0.25, 0.3) is 10.8 Å². The molecule has 0 aliphatic rings. The molecule has 1 nitrogen and oxygen atoms in total. The van der Waals surface area contributed by atoms with E-state index in [0.29, 0.717) is 5.02 Å². The van der Waals surface area contributed by atoms with Crippen LogP contribution in [0.2, 0.25) is 5.02 Å². The monoisotopic (exact) mass is 256 g/mol. The predicted molar refractivity (Wildman–Crippen MR) is 58.3 cm³/mol. The molecule has 0 saturated carbocycles. The summed E-state index contributed by atoms with van der Waals surface area (Å²) in [6, 6.07) is 8.84. The quantitative estimate of drug-likeness (QED) is 0.757. The van der Waals surface area contributed by atoms with Crippen molar-refractivity contribution in [2.75, 3.05) is 0 Å². The highest BCUT2D eigenvalue weighted by molar-refractivity contribution is 9.10. The third-order valence-electron chi connectivity index (χ3n) is 1.90. The van der Waals surface area contributed by atoms with Crippen molar-refractivity contribution in [3.8, 4) is 5.75 Å². The third kappa shape index (κ3) is 1.52. The molecule has 0 heterocycles. The molecule has 0 aliphatic heterocycles. The maximum Gasteiger partial charge on any atom is 0.123 e. The molecule has 0 aliphatic carbocycles. The van der Waals surface area contributed by atoms with Crippen molar-refractivity contribution in [1.29, 1.82) is 0 Å². The van der Waals surface area contributed by atoms with Crippen molar-refractivity contribution in [3.05, 3.63) is 39.8 Å². The molecule has 0 saturated heterocycles. The van der Waals surface area contributed by atoms with Gasteiger partial charge < -0.3 is 5.11 Å². The topological polar surface area (TPSA) is 20.2 Å². The molecule has 1 N–H and O–H groups in total. The SMILES string of the molecule is Oc1ccc(Br)c2cc(Cl)ccc12. The number of rotatable bonds is 0. The Kier molecular flexibility index (Phi) is 2.18. The van der Waals surface area contributed by atoms with Gasteiger partial charge in [0.2, 0.25) is 0 Å². The Morgan fingerprint density at radius 3 is 2.62 bits per heavy atom. The van der Waals surface area contributed by atoms with Crippen LogP contribution in [0, 0.1) is 0 Å². The Hall–Kier alpha value is -0.730. The van der Waals surface area contributed by atoms with Gasteiger partial charge in [0, 0.05) is 20.3 Å². The highest BCUT2D eigenvalue weighted by atomic mass is 79.9. The molecule has 2 aromatic rings. The Morgan fingerprint density at radius 1 is 1.08 bits per heavy atom. The fourth-order valence-electron chi connectivity index (χ4n) is 1.27. The van der Waals surface area contributed by atoms with Gasteiger partial charge in [-0.05, 0) is 30.3 Å². The number of halogens is 2. The maximum absolute atomic E-state index is 9.52. The number of fused-ring (bicyclic) bond motifs is 1. The van der Waals surface area contributed by atoms with Crippen molar-refractivity contribution in [1.82, 2.24) is 0 Å². The average Bonchev–Trinajstić information content (AvgIpc) is 2.12. The number of hydrogen-bond acceptors (Lipinski definition) is 1. The van der Waals surface area contributed by atoms with Gasteiger partial charge in [-0.2, -0.15) is 0 Å². The summed E-state index contributed by atoms with van der Waals surface area (Å²) < 4.78 is 0.933. The minimum Gasteiger partial charge on any atom is -0.507 e. The van der Waals surface area contributed by atoms with Gasteiger partial charge in [0.1, 0.15) is 5.75 Å². The molecule has 0 fully saturated rings. The average molecular weight is 258 g/mol. The highest BCUT2D eigenvalue weighted by Crippen LogP contribution is 2.32. The normalized spacial score (nSPS) is 10.6. The summed E-state index contributed by atoms with van der Waals surface area (Å²) in [4.78, 5) is 0. The standard InChI is InChI=1S/C10H6BrClO/c11-9-3-4-10(13)7-2-1-6(12)5-8(7)9/h1-5,13H. The van der Waals surface area contributed by atoms with Gasteiger partial charge in [0.15, 0.2) is 0 Å². The van der Waals surface area contributed by atoms with Crippen LogP contribution >= 0.6 is 27.5 Å². The number of hydrogen-bond donors (Lipinski definition) is 1. The third-order valence-corrected chi connectivity index (χ3v) is 2.83. The van der Waals surface area contributed by atoms with Crippen LogP contribution in [0.4, 0.5) is 0 Å². The number of phenolic OH excluding ortho intramolecular Hbond substituents is 1. The second-order valence-electron chi connectivity index (χ2n) is 2.76. The summed E-state index contributed by atoms with van der Waals surface area (Å²) in [6.07, 6.45) is 0. The molecule has 0 amide bonds. The summed E-state index contributed by atoms with van der Waals surface area (Å²) in [6.45, 7) is 0. The number of benzene rings is 2. The van der Waals surface area contributed by atoms with E-state index in [9.17, 15) is 5.11 Å². The van der Waals surface area contributed by atoms with E-state index < -0.39 is 0 Å². The highest BCUT2D eigenvalue weighted by Gasteiger charge is 2.03. The van der Waals surface area contributed by atoms with Crippen LogP contribution in [0.1, 0.15) is 0 Å². The molecule has 2 aromatic carbocycles. The minimum absolute atomic E-state index is 0.273. The van der Waals surface area contributed by atoms with Crippen LogP contribution in [0.15, 0.2) is 34.8 Å². The van der Waals surface area contributed by atoms with Crippen molar-refractivity contribution in [3.63, 3.8) is 0 Å². The Bertz CT molecular complexity index is 468. The zero-order chi connectivity index (χ0) is 9.42. The minimum atomic E-state index is 0.273. The molecule has 0 spiro atoms. The van der Waals surface area contributed by atoms with Crippen LogP contribution in [-0.2, 0) is 0 Å². The van der Waals surface area contributed by atoms with E-state index in [0.717, 1.165) is 15.2 Å². The predicted octanol–water partition coefficient (Wildman–Crippen LogP) is 3.96. The first-order chi connectivity index (χ1) is 6.18. The van der Waals surface area contributed by atoms with Gasteiger partial charge >= 0.3 is 0 Å². The molecule has 0 aromatic heterocycles. The van der Waals surface area contributed by atoms with Gasteiger partial charge in [0.05, 0.1) is 0 Å². The fraction of sp³-hybridized carbons (Fsp3) is 0. The lowest BCUT2D eigenvalue weighted by atomic mass is 10.1. The largest absolute Gasteiger partial charge is 0.507 e. The van der Waals surface area contributed by atoms with Crippen LogP contribution < -0.4 is 0 Å². The molecule has 13 heavy (non-hydrogen) atoms. The smallest absolute Gasteiger partial charge is 0.123 e. The number of aromatic hydroxyl groups is 1.